The SMILES string of the molecule is Cc1c(CC(=O)N[C@@H](Cc2ccc(Cl)cc2)C(=O)O)c(=O)oc2cc3oc4c(c3cc12)CCCC4. The van der Waals surface area contributed by atoms with Gasteiger partial charge in [-0.2, -0.15) is 0 Å². The van der Waals surface area contributed by atoms with Crippen molar-refractivity contribution in [1.82, 2.24) is 5.32 Å². The number of benzene rings is 2. The number of carbonyl (C=O) groups is 2. The Morgan fingerprint density at radius 1 is 1.06 bits per heavy atom. The van der Waals surface area contributed by atoms with Crippen LogP contribution >= 0.6 is 11.6 Å². The predicted octanol–water partition coefficient (Wildman–Crippen LogP) is 4.73. The van der Waals surface area contributed by atoms with E-state index in [1.54, 1.807) is 37.3 Å². The Morgan fingerprint density at radius 3 is 2.51 bits per heavy atom. The fourth-order valence-electron chi connectivity index (χ4n) is 4.81. The molecule has 0 radical (unpaired) electrons. The summed E-state index contributed by atoms with van der Waals surface area (Å²) in [5.74, 6) is -0.743. The van der Waals surface area contributed by atoms with Crippen LogP contribution in [-0.4, -0.2) is 23.0 Å². The fourth-order valence-corrected chi connectivity index (χ4v) is 4.94. The van der Waals surface area contributed by atoms with Gasteiger partial charge in [-0.3, -0.25) is 4.79 Å². The monoisotopic (exact) mass is 493 g/mol. The third-order valence-corrected chi connectivity index (χ3v) is 6.94. The molecule has 1 atom stereocenters. The summed E-state index contributed by atoms with van der Waals surface area (Å²) in [7, 11) is 0. The highest BCUT2D eigenvalue weighted by Crippen LogP contribution is 2.35. The van der Waals surface area contributed by atoms with Gasteiger partial charge >= 0.3 is 11.6 Å². The van der Waals surface area contributed by atoms with Gasteiger partial charge in [0, 0.05) is 40.3 Å². The number of furan rings is 1. The molecule has 2 heterocycles. The van der Waals surface area contributed by atoms with E-state index in [1.807, 2.05) is 6.07 Å². The fraction of sp³-hybridized carbons (Fsp3) is 0.296. The van der Waals surface area contributed by atoms with Gasteiger partial charge in [0.25, 0.3) is 0 Å². The molecule has 5 rings (SSSR count). The second-order valence-electron chi connectivity index (χ2n) is 9.01. The molecule has 4 aromatic rings. The molecular formula is C27H24ClNO6. The molecule has 0 unspecified atom stereocenters. The summed E-state index contributed by atoms with van der Waals surface area (Å²) in [6.45, 7) is 1.78. The van der Waals surface area contributed by atoms with Crippen molar-refractivity contribution in [1.29, 1.82) is 0 Å². The molecule has 0 aliphatic heterocycles. The van der Waals surface area contributed by atoms with Crippen LogP contribution in [0.25, 0.3) is 21.9 Å². The van der Waals surface area contributed by atoms with Crippen LogP contribution in [-0.2, 0) is 35.3 Å². The number of halogens is 1. The second kappa shape index (κ2) is 9.23. The van der Waals surface area contributed by atoms with Gasteiger partial charge in [-0.15, -0.1) is 0 Å². The number of carboxylic acid groups (broad SMARTS) is 1. The summed E-state index contributed by atoms with van der Waals surface area (Å²) >= 11 is 5.89. The maximum Gasteiger partial charge on any atom is 0.340 e. The molecule has 2 aromatic heterocycles. The minimum atomic E-state index is -1.16. The summed E-state index contributed by atoms with van der Waals surface area (Å²) in [4.78, 5) is 37.3. The summed E-state index contributed by atoms with van der Waals surface area (Å²) in [6.07, 6.45) is 3.85. The molecule has 35 heavy (non-hydrogen) atoms. The molecule has 0 bridgehead atoms. The van der Waals surface area contributed by atoms with Gasteiger partial charge in [0.1, 0.15) is 23.0 Å². The van der Waals surface area contributed by atoms with Crippen LogP contribution in [0.1, 0.15) is 40.9 Å². The van der Waals surface area contributed by atoms with E-state index < -0.39 is 23.5 Å². The normalized spacial score (nSPS) is 14.1. The quantitative estimate of drug-likeness (QED) is 0.376. The predicted molar refractivity (Wildman–Crippen MR) is 132 cm³/mol. The first-order chi connectivity index (χ1) is 16.8. The van der Waals surface area contributed by atoms with Crippen molar-refractivity contribution in [2.75, 3.05) is 0 Å². The molecule has 7 nitrogen and oxygen atoms in total. The van der Waals surface area contributed by atoms with Gasteiger partial charge in [-0.1, -0.05) is 23.7 Å². The molecule has 180 valence electrons. The van der Waals surface area contributed by atoms with E-state index in [-0.39, 0.29) is 18.4 Å². The zero-order valence-electron chi connectivity index (χ0n) is 19.2. The molecule has 0 saturated heterocycles. The third kappa shape index (κ3) is 4.56. The lowest BCUT2D eigenvalue weighted by atomic mass is 9.94. The Morgan fingerprint density at radius 2 is 1.77 bits per heavy atom. The summed E-state index contributed by atoms with van der Waals surface area (Å²) < 4.78 is 11.6. The maximum atomic E-state index is 12.8. The van der Waals surface area contributed by atoms with Crippen molar-refractivity contribution >= 4 is 45.4 Å². The number of nitrogens with one attached hydrogen (secondary N) is 1. The number of carbonyl (C=O) groups excluding carboxylic acids is 1. The van der Waals surface area contributed by atoms with Crippen LogP contribution in [0.4, 0.5) is 0 Å². The van der Waals surface area contributed by atoms with E-state index >= 15 is 0 Å². The number of aryl methyl sites for hydroxylation is 3. The Kier molecular flexibility index (Phi) is 6.11. The van der Waals surface area contributed by atoms with Crippen molar-refractivity contribution in [2.24, 2.45) is 0 Å². The highest BCUT2D eigenvalue weighted by molar-refractivity contribution is 6.30. The van der Waals surface area contributed by atoms with Crippen LogP contribution in [0.3, 0.4) is 0 Å². The molecule has 0 fully saturated rings. The van der Waals surface area contributed by atoms with E-state index in [0.29, 0.717) is 21.8 Å². The first-order valence-corrected chi connectivity index (χ1v) is 11.9. The van der Waals surface area contributed by atoms with Crippen molar-refractivity contribution in [3.05, 3.63) is 79.9 Å². The lowest BCUT2D eigenvalue weighted by Gasteiger charge is -2.15. The standard InChI is InChI=1S/C27H24ClNO6/c1-14-18-11-20-17-4-2-3-5-22(17)34-24(20)13-23(18)35-27(33)19(14)12-25(30)29-21(26(31)32)10-15-6-8-16(28)9-7-15/h6-9,11,13,21H,2-5,10,12H2,1H3,(H,29,30)(H,31,32)/t21-/m0/s1. The van der Waals surface area contributed by atoms with E-state index in [2.05, 4.69) is 5.32 Å². The molecule has 1 aliphatic carbocycles. The highest BCUT2D eigenvalue weighted by atomic mass is 35.5. The summed E-state index contributed by atoms with van der Waals surface area (Å²) in [5.41, 5.74) is 3.25. The van der Waals surface area contributed by atoms with E-state index in [1.165, 1.54) is 5.56 Å². The Balaban J connectivity index is 1.42. The maximum absolute atomic E-state index is 12.8. The molecular weight excluding hydrogens is 470 g/mol. The number of carboxylic acids is 1. The van der Waals surface area contributed by atoms with Gasteiger partial charge in [-0.05, 0) is 55.5 Å². The molecule has 2 N–H and O–H groups in total. The molecule has 2 aromatic carbocycles. The Labute approximate surface area is 205 Å². The lowest BCUT2D eigenvalue weighted by molar-refractivity contribution is -0.141. The smallest absolute Gasteiger partial charge is 0.340 e. The summed E-state index contributed by atoms with van der Waals surface area (Å²) in [6, 6.07) is 9.31. The zero-order valence-corrected chi connectivity index (χ0v) is 19.9. The Bertz CT molecular complexity index is 1520. The van der Waals surface area contributed by atoms with Gasteiger partial charge < -0.3 is 19.3 Å². The average Bonchev–Trinajstić information content (AvgIpc) is 3.19. The summed E-state index contributed by atoms with van der Waals surface area (Å²) in [5, 5.41) is 14.4. The van der Waals surface area contributed by atoms with Crippen molar-refractivity contribution in [2.45, 2.75) is 51.5 Å². The number of hydrogen-bond donors (Lipinski definition) is 2. The molecule has 8 heteroatoms. The third-order valence-electron chi connectivity index (χ3n) is 6.69. The first kappa shape index (κ1) is 23.2. The van der Waals surface area contributed by atoms with Crippen molar-refractivity contribution in [3.63, 3.8) is 0 Å². The second-order valence-corrected chi connectivity index (χ2v) is 9.45. The van der Waals surface area contributed by atoms with E-state index in [4.69, 9.17) is 20.4 Å². The molecule has 1 aliphatic rings. The number of rotatable bonds is 6. The minimum Gasteiger partial charge on any atom is -0.480 e. The molecule has 0 saturated carbocycles. The largest absolute Gasteiger partial charge is 0.480 e. The van der Waals surface area contributed by atoms with E-state index in [0.717, 1.165) is 47.8 Å². The van der Waals surface area contributed by atoms with Gasteiger partial charge in [-0.25, -0.2) is 9.59 Å². The highest BCUT2D eigenvalue weighted by Gasteiger charge is 2.24. The lowest BCUT2D eigenvalue weighted by Crippen LogP contribution is -2.43. The number of aliphatic carboxylic acids is 1. The van der Waals surface area contributed by atoms with Gasteiger partial charge in [0.05, 0.1) is 12.0 Å². The molecule has 0 spiro atoms. The topological polar surface area (TPSA) is 110 Å². The number of hydrogen-bond acceptors (Lipinski definition) is 5. The van der Waals surface area contributed by atoms with E-state index in [9.17, 15) is 19.5 Å². The zero-order chi connectivity index (χ0) is 24.7. The van der Waals surface area contributed by atoms with Crippen molar-refractivity contribution < 1.29 is 23.5 Å². The number of amides is 1. The van der Waals surface area contributed by atoms with Crippen LogP contribution in [0, 0.1) is 6.92 Å². The molecule has 1 amide bonds. The average molecular weight is 494 g/mol. The number of fused-ring (bicyclic) bond motifs is 4. The van der Waals surface area contributed by atoms with Crippen LogP contribution in [0.15, 0.2) is 50.0 Å². The van der Waals surface area contributed by atoms with Crippen LogP contribution in [0.5, 0.6) is 0 Å². The van der Waals surface area contributed by atoms with Crippen LogP contribution in [0.2, 0.25) is 5.02 Å². The first-order valence-electron chi connectivity index (χ1n) is 11.6. The van der Waals surface area contributed by atoms with Crippen LogP contribution < -0.4 is 10.9 Å². The van der Waals surface area contributed by atoms with Gasteiger partial charge in [0.2, 0.25) is 5.91 Å². The minimum absolute atomic E-state index is 0.0904. The van der Waals surface area contributed by atoms with Crippen molar-refractivity contribution in [3.8, 4) is 0 Å². The van der Waals surface area contributed by atoms with Gasteiger partial charge in [0.15, 0.2) is 0 Å². The Hall–Kier alpha value is -3.58.